The predicted octanol–water partition coefficient (Wildman–Crippen LogP) is 11.3. The Morgan fingerprint density at radius 2 is 0.825 bits per heavy atom. The van der Waals surface area contributed by atoms with Crippen molar-refractivity contribution in [2.75, 3.05) is 6.16 Å². The number of nitrogens with zero attached hydrogens (tertiary/aromatic N) is 2. The molecule has 0 heterocycles. The molecule has 0 amide bonds. The van der Waals surface area contributed by atoms with Crippen molar-refractivity contribution in [3.63, 3.8) is 0 Å². The normalized spacial score (nSPS) is 9.68. The first kappa shape index (κ1) is 37.6. The Balaban J connectivity index is 0.000000631. The second kappa shape index (κ2) is 20.4. The van der Waals surface area contributed by atoms with E-state index >= 15 is 0 Å². The molecular formula is C35H42Cu2N2P-5. The minimum absolute atomic E-state index is 0. The van der Waals surface area contributed by atoms with Gasteiger partial charge in [-0.05, 0) is 24.4 Å². The monoisotopic (exact) mass is 647 g/mol. The summed E-state index contributed by atoms with van der Waals surface area (Å²) in [6.45, 7) is 20.7. The van der Waals surface area contributed by atoms with Gasteiger partial charge in [-0.2, -0.15) is 18.2 Å². The summed E-state index contributed by atoms with van der Waals surface area (Å²) in [6.07, 6.45) is 2.28. The molecule has 0 aromatic heterocycles. The molecule has 2 radical (unpaired) electrons. The Labute approximate surface area is 267 Å². The second-order valence-electron chi connectivity index (χ2n) is 9.97. The van der Waals surface area contributed by atoms with Crippen LogP contribution in [-0.4, -0.2) is 6.16 Å². The third kappa shape index (κ3) is 13.8. The van der Waals surface area contributed by atoms with Gasteiger partial charge < -0.3 is 10.6 Å². The standard InChI is InChI=1S/C17H19N.C14H12N.C4H11P.2Cu/c1-13(2)12-15-9-5-7-11-17(15)18-16-10-6-4-8-14(16)3;1-11-7-3-5-9-13(11)15-14-10-6-4-8-12(14)2;1-4(2)3-5;;/h4-11,13H,3,12H2,1-2H3;3-10H,1-2H2;4H,3,5H2,1-2H3;;/q-2;-3;;;. The molecule has 0 aliphatic rings. The molecule has 4 aromatic carbocycles. The van der Waals surface area contributed by atoms with Gasteiger partial charge >= 0.3 is 0 Å². The molecule has 0 saturated carbocycles. The van der Waals surface area contributed by atoms with Crippen molar-refractivity contribution in [2.24, 2.45) is 11.8 Å². The van der Waals surface area contributed by atoms with Crippen molar-refractivity contribution < 1.29 is 34.1 Å². The molecule has 5 heteroatoms. The van der Waals surface area contributed by atoms with Crippen LogP contribution in [0.2, 0.25) is 0 Å². The molecule has 2 nitrogen and oxygen atoms in total. The van der Waals surface area contributed by atoms with Crippen molar-refractivity contribution in [2.45, 2.75) is 34.1 Å². The van der Waals surface area contributed by atoms with Gasteiger partial charge in [0.15, 0.2) is 0 Å². The first-order valence-corrected chi connectivity index (χ1v) is 14.0. The van der Waals surface area contributed by atoms with Crippen LogP contribution in [0.25, 0.3) is 10.6 Å². The van der Waals surface area contributed by atoms with Gasteiger partial charge in [0.2, 0.25) is 0 Å². The average molecular weight is 649 g/mol. The number of benzene rings is 4. The molecule has 0 aliphatic carbocycles. The minimum atomic E-state index is 0. The molecule has 0 N–H and O–H groups in total. The third-order valence-electron chi connectivity index (χ3n) is 5.55. The predicted molar refractivity (Wildman–Crippen MR) is 172 cm³/mol. The van der Waals surface area contributed by atoms with E-state index in [0.717, 1.165) is 51.8 Å². The summed E-state index contributed by atoms with van der Waals surface area (Å²) in [5, 5.41) is 9.25. The van der Waals surface area contributed by atoms with Gasteiger partial charge in [0.05, 0.1) is 0 Å². The molecule has 1 atom stereocenters. The first-order valence-electron chi connectivity index (χ1n) is 13.2. The maximum absolute atomic E-state index is 4.73. The smallest absolute Gasteiger partial charge is 0 e. The summed E-state index contributed by atoms with van der Waals surface area (Å²) in [5.41, 5.74) is 7.94. The zero-order valence-corrected chi connectivity index (χ0v) is 27.0. The van der Waals surface area contributed by atoms with Gasteiger partial charge in [0, 0.05) is 34.1 Å². The quantitative estimate of drug-likeness (QED) is 0.108. The van der Waals surface area contributed by atoms with Gasteiger partial charge in [-0.1, -0.05) is 75.7 Å². The molecule has 40 heavy (non-hydrogen) atoms. The summed E-state index contributed by atoms with van der Waals surface area (Å²) in [7, 11) is 2.69. The summed E-state index contributed by atoms with van der Waals surface area (Å²) in [6, 6.07) is 32.0. The van der Waals surface area contributed by atoms with Crippen LogP contribution < -0.4 is 0 Å². The fourth-order valence-electron chi connectivity index (χ4n) is 3.35. The van der Waals surface area contributed by atoms with Crippen LogP contribution in [0.1, 0.15) is 49.9 Å². The molecule has 0 spiro atoms. The van der Waals surface area contributed by atoms with Gasteiger partial charge in [-0.25, -0.2) is 37.5 Å². The largest absolute Gasteiger partial charge is 0.774 e. The molecule has 4 rings (SSSR count). The van der Waals surface area contributed by atoms with E-state index in [0.29, 0.717) is 5.92 Å². The van der Waals surface area contributed by atoms with Gasteiger partial charge in [0.25, 0.3) is 0 Å². The van der Waals surface area contributed by atoms with E-state index < -0.39 is 0 Å². The van der Waals surface area contributed by atoms with Crippen LogP contribution in [0.15, 0.2) is 97.1 Å². The fourth-order valence-corrected chi connectivity index (χ4v) is 3.35. The van der Waals surface area contributed by atoms with E-state index in [1.165, 1.54) is 11.7 Å². The van der Waals surface area contributed by atoms with E-state index in [1.54, 1.807) is 0 Å². The van der Waals surface area contributed by atoms with Crippen LogP contribution in [0.4, 0.5) is 22.7 Å². The fraction of sp³-hybridized carbons (Fsp3) is 0.229. The van der Waals surface area contributed by atoms with Gasteiger partial charge in [-0.3, -0.25) is 17.1 Å². The van der Waals surface area contributed by atoms with Crippen molar-refractivity contribution >= 4 is 32.0 Å². The summed E-state index contributed by atoms with van der Waals surface area (Å²) < 4.78 is 0. The molecule has 0 fully saturated rings. The number of rotatable bonds is 7. The molecule has 224 valence electrons. The summed E-state index contributed by atoms with van der Waals surface area (Å²) in [4.78, 5) is 0. The second-order valence-corrected chi connectivity index (χ2v) is 10.4. The van der Waals surface area contributed by atoms with Crippen LogP contribution in [-0.2, 0) is 40.6 Å². The third-order valence-corrected chi connectivity index (χ3v) is 6.49. The van der Waals surface area contributed by atoms with Gasteiger partial charge in [-0.15, -0.1) is 51.3 Å². The summed E-state index contributed by atoms with van der Waals surface area (Å²) in [5.74, 6) is 1.48. The van der Waals surface area contributed by atoms with Crippen LogP contribution in [0.3, 0.4) is 0 Å². The maximum atomic E-state index is 4.73. The molecule has 4 aromatic rings. The van der Waals surface area contributed by atoms with E-state index in [1.807, 2.05) is 78.9 Å². The Bertz CT molecular complexity index is 1200. The van der Waals surface area contributed by atoms with Crippen molar-refractivity contribution in [3.05, 3.63) is 151 Å². The van der Waals surface area contributed by atoms with Crippen molar-refractivity contribution in [1.82, 2.24) is 0 Å². The Morgan fingerprint density at radius 3 is 1.15 bits per heavy atom. The molecule has 0 aliphatic heterocycles. The van der Waals surface area contributed by atoms with Crippen LogP contribution >= 0.6 is 9.24 Å². The van der Waals surface area contributed by atoms with Crippen LogP contribution in [0.5, 0.6) is 0 Å². The van der Waals surface area contributed by atoms with E-state index in [-0.39, 0.29) is 34.1 Å². The minimum Gasteiger partial charge on any atom is -0.774 e. The molecule has 1 unspecified atom stereocenters. The van der Waals surface area contributed by atoms with E-state index in [9.17, 15) is 0 Å². The molecule has 0 bridgehead atoms. The molecular weight excluding hydrogens is 606 g/mol. The van der Waals surface area contributed by atoms with Crippen LogP contribution in [0, 0.1) is 32.6 Å². The van der Waals surface area contributed by atoms with Gasteiger partial charge in [0.1, 0.15) is 0 Å². The number of hydrogen-bond donors (Lipinski definition) is 0. The summed E-state index contributed by atoms with van der Waals surface area (Å²) >= 11 is 0. The Morgan fingerprint density at radius 1 is 0.525 bits per heavy atom. The topological polar surface area (TPSA) is 28.2 Å². The van der Waals surface area contributed by atoms with E-state index in [4.69, 9.17) is 5.32 Å². The average Bonchev–Trinajstić information content (AvgIpc) is 2.89. The van der Waals surface area contributed by atoms with Crippen molar-refractivity contribution in [3.8, 4) is 0 Å². The first-order chi connectivity index (χ1) is 18.2. The Kier molecular flexibility index (Phi) is 19.2. The molecule has 0 saturated heterocycles. The maximum Gasteiger partial charge on any atom is 0 e. The zero-order valence-electron chi connectivity index (χ0n) is 24.0. The number of para-hydroxylation sites is 4. The number of hydrogen-bond acceptors (Lipinski definition) is 0. The Hall–Kier alpha value is -2.44. The SMILES string of the molecule is CC(C)CP.[CH2-]c1ccccc1[N-]c1ccccc1CC(C)C.[CH2-]c1ccccc1[N-]c1ccccc1[CH2-].[Cu].[Cu]. The van der Waals surface area contributed by atoms with E-state index in [2.05, 4.69) is 81.2 Å². The zero-order chi connectivity index (χ0) is 27.9. The van der Waals surface area contributed by atoms with Crippen molar-refractivity contribution in [1.29, 1.82) is 0 Å².